The number of halogens is 1. The minimum absolute atomic E-state index is 0.118. The maximum Gasteiger partial charge on any atom is 0.0964 e. The minimum Gasteiger partial charge on any atom is -0.390 e. The molecule has 1 aromatic rings. The first kappa shape index (κ1) is 15.8. The topological polar surface area (TPSA) is 32.7 Å². The highest BCUT2D eigenvalue weighted by Crippen LogP contribution is 2.21. The predicted octanol–water partition coefficient (Wildman–Crippen LogP) is 2.66. The zero-order chi connectivity index (χ0) is 14.5. The molecule has 1 aromatic carbocycles. The number of ether oxygens (including phenoxy) is 1. The van der Waals surface area contributed by atoms with Crippen LogP contribution >= 0.6 is 11.6 Å². The molecule has 1 saturated heterocycles. The molecule has 0 aliphatic carbocycles. The maximum atomic E-state index is 10.4. The standard InChI is InChI=1S/C16H24ClNO2/c1-3-6-18-7-8-20-16(11-18)15(19)10-13-5-4-12(2)9-14(13)17/h4-5,9,15-16,19H,3,6-8,10-11H2,1-2H3. The van der Waals surface area contributed by atoms with E-state index in [-0.39, 0.29) is 6.10 Å². The van der Waals surface area contributed by atoms with E-state index in [4.69, 9.17) is 16.3 Å². The van der Waals surface area contributed by atoms with Gasteiger partial charge in [-0.1, -0.05) is 30.7 Å². The minimum atomic E-state index is -0.505. The lowest BCUT2D eigenvalue weighted by molar-refractivity contribution is -0.0877. The second-order valence-electron chi connectivity index (χ2n) is 5.58. The van der Waals surface area contributed by atoms with E-state index < -0.39 is 6.10 Å². The summed E-state index contributed by atoms with van der Waals surface area (Å²) in [7, 11) is 0. The Labute approximate surface area is 126 Å². The van der Waals surface area contributed by atoms with Crippen molar-refractivity contribution >= 4 is 11.6 Å². The fourth-order valence-electron chi connectivity index (χ4n) is 2.66. The summed E-state index contributed by atoms with van der Waals surface area (Å²) in [6.07, 6.45) is 1.05. The first-order chi connectivity index (χ1) is 9.60. The maximum absolute atomic E-state index is 10.4. The summed E-state index contributed by atoms with van der Waals surface area (Å²) < 4.78 is 5.72. The molecule has 0 aromatic heterocycles. The van der Waals surface area contributed by atoms with E-state index in [1.807, 2.05) is 25.1 Å². The van der Waals surface area contributed by atoms with Gasteiger partial charge in [0.25, 0.3) is 0 Å². The summed E-state index contributed by atoms with van der Waals surface area (Å²) in [6, 6.07) is 5.96. The summed E-state index contributed by atoms with van der Waals surface area (Å²) in [6.45, 7) is 7.72. The summed E-state index contributed by atoms with van der Waals surface area (Å²) in [4.78, 5) is 2.36. The number of rotatable bonds is 5. The third kappa shape index (κ3) is 4.19. The predicted molar refractivity (Wildman–Crippen MR) is 82.4 cm³/mol. The molecule has 3 nitrogen and oxygen atoms in total. The van der Waals surface area contributed by atoms with Crippen LogP contribution in [-0.2, 0) is 11.2 Å². The Balaban J connectivity index is 1.95. The Morgan fingerprint density at radius 3 is 3.00 bits per heavy atom. The Kier molecular flexibility index (Phi) is 5.85. The van der Waals surface area contributed by atoms with Crippen molar-refractivity contribution in [2.45, 2.75) is 38.9 Å². The molecule has 1 fully saturated rings. The van der Waals surface area contributed by atoms with Gasteiger partial charge in [-0.15, -0.1) is 0 Å². The van der Waals surface area contributed by atoms with Gasteiger partial charge >= 0.3 is 0 Å². The third-order valence-electron chi connectivity index (χ3n) is 3.78. The Morgan fingerprint density at radius 1 is 1.50 bits per heavy atom. The Morgan fingerprint density at radius 2 is 2.30 bits per heavy atom. The normalized spacial score (nSPS) is 21.9. The van der Waals surface area contributed by atoms with Gasteiger partial charge in [0, 0.05) is 24.5 Å². The van der Waals surface area contributed by atoms with Crippen molar-refractivity contribution in [3.63, 3.8) is 0 Å². The van der Waals surface area contributed by atoms with Crippen LogP contribution in [0.25, 0.3) is 0 Å². The van der Waals surface area contributed by atoms with Gasteiger partial charge in [0.1, 0.15) is 0 Å². The molecule has 20 heavy (non-hydrogen) atoms. The summed E-state index contributed by atoms with van der Waals surface area (Å²) in [5.74, 6) is 0. The fourth-order valence-corrected chi connectivity index (χ4v) is 2.97. The molecule has 1 aliphatic rings. The first-order valence-corrected chi connectivity index (χ1v) is 7.75. The largest absolute Gasteiger partial charge is 0.390 e. The number of aliphatic hydroxyl groups excluding tert-OH is 1. The van der Waals surface area contributed by atoms with Gasteiger partial charge < -0.3 is 9.84 Å². The van der Waals surface area contributed by atoms with Crippen LogP contribution in [0.5, 0.6) is 0 Å². The molecule has 112 valence electrons. The molecule has 2 atom stereocenters. The van der Waals surface area contributed by atoms with Crippen molar-refractivity contribution in [3.8, 4) is 0 Å². The fraction of sp³-hybridized carbons (Fsp3) is 0.625. The highest BCUT2D eigenvalue weighted by Gasteiger charge is 2.26. The zero-order valence-electron chi connectivity index (χ0n) is 12.3. The number of aliphatic hydroxyl groups is 1. The van der Waals surface area contributed by atoms with Crippen molar-refractivity contribution in [2.75, 3.05) is 26.2 Å². The van der Waals surface area contributed by atoms with Gasteiger partial charge in [0.05, 0.1) is 18.8 Å². The average molecular weight is 298 g/mol. The second-order valence-corrected chi connectivity index (χ2v) is 5.98. The molecule has 0 radical (unpaired) electrons. The molecule has 2 rings (SSSR count). The molecule has 1 heterocycles. The lowest BCUT2D eigenvalue weighted by Crippen LogP contribution is -2.48. The smallest absolute Gasteiger partial charge is 0.0964 e. The highest BCUT2D eigenvalue weighted by molar-refractivity contribution is 6.31. The van der Waals surface area contributed by atoms with E-state index in [1.165, 1.54) is 0 Å². The SMILES string of the molecule is CCCN1CCOC(C(O)Cc2ccc(C)cc2Cl)C1. The third-order valence-corrected chi connectivity index (χ3v) is 4.14. The van der Waals surface area contributed by atoms with E-state index >= 15 is 0 Å². The van der Waals surface area contributed by atoms with E-state index in [9.17, 15) is 5.11 Å². The Hall–Kier alpha value is -0.610. The second kappa shape index (κ2) is 7.41. The first-order valence-electron chi connectivity index (χ1n) is 7.37. The van der Waals surface area contributed by atoms with Crippen LogP contribution in [0.2, 0.25) is 5.02 Å². The lowest BCUT2D eigenvalue weighted by Gasteiger charge is -2.35. The van der Waals surface area contributed by atoms with Crippen LogP contribution in [0.3, 0.4) is 0 Å². The molecule has 0 bridgehead atoms. The number of benzene rings is 1. The molecular formula is C16H24ClNO2. The van der Waals surface area contributed by atoms with Crippen LogP contribution in [0.1, 0.15) is 24.5 Å². The van der Waals surface area contributed by atoms with Crippen molar-refractivity contribution < 1.29 is 9.84 Å². The summed E-state index contributed by atoms with van der Waals surface area (Å²) in [5, 5.41) is 11.1. The van der Waals surface area contributed by atoms with Gasteiger partial charge in [-0.25, -0.2) is 0 Å². The highest BCUT2D eigenvalue weighted by atomic mass is 35.5. The lowest BCUT2D eigenvalue weighted by atomic mass is 10.0. The molecule has 0 spiro atoms. The number of hydrogen-bond acceptors (Lipinski definition) is 3. The van der Waals surface area contributed by atoms with E-state index in [0.29, 0.717) is 13.0 Å². The van der Waals surface area contributed by atoms with E-state index in [2.05, 4.69) is 11.8 Å². The van der Waals surface area contributed by atoms with Crippen LogP contribution < -0.4 is 0 Å². The van der Waals surface area contributed by atoms with Crippen molar-refractivity contribution in [2.24, 2.45) is 0 Å². The van der Waals surface area contributed by atoms with Crippen LogP contribution in [-0.4, -0.2) is 48.5 Å². The van der Waals surface area contributed by atoms with Gasteiger partial charge in [-0.3, -0.25) is 4.90 Å². The average Bonchev–Trinajstić information content (AvgIpc) is 2.42. The quantitative estimate of drug-likeness (QED) is 0.907. The molecule has 4 heteroatoms. The van der Waals surface area contributed by atoms with Crippen molar-refractivity contribution in [3.05, 3.63) is 34.3 Å². The van der Waals surface area contributed by atoms with E-state index in [0.717, 1.165) is 42.2 Å². The summed E-state index contributed by atoms with van der Waals surface area (Å²) >= 11 is 6.23. The van der Waals surface area contributed by atoms with Crippen molar-refractivity contribution in [1.82, 2.24) is 4.90 Å². The van der Waals surface area contributed by atoms with Gasteiger partial charge in [-0.2, -0.15) is 0 Å². The molecule has 0 saturated carbocycles. The number of hydrogen-bond donors (Lipinski definition) is 1. The van der Waals surface area contributed by atoms with Gasteiger partial charge in [0.2, 0.25) is 0 Å². The number of morpholine rings is 1. The molecule has 1 N–H and O–H groups in total. The number of aryl methyl sites for hydroxylation is 1. The van der Waals surface area contributed by atoms with Crippen LogP contribution in [0.4, 0.5) is 0 Å². The van der Waals surface area contributed by atoms with Gasteiger partial charge in [0.15, 0.2) is 0 Å². The molecule has 1 aliphatic heterocycles. The molecular weight excluding hydrogens is 274 g/mol. The van der Waals surface area contributed by atoms with Crippen LogP contribution in [0.15, 0.2) is 18.2 Å². The monoisotopic (exact) mass is 297 g/mol. The summed E-state index contributed by atoms with van der Waals surface area (Å²) in [5.41, 5.74) is 2.12. The molecule has 0 amide bonds. The van der Waals surface area contributed by atoms with Gasteiger partial charge in [-0.05, 0) is 37.1 Å². The van der Waals surface area contributed by atoms with E-state index in [1.54, 1.807) is 0 Å². The van der Waals surface area contributed by atoms with Crippen LogP contribution in [0, 0.1) is 6.92 Å². The molecule has 2 unspecified atom stereocenters. The zero-order valence-corrected chi connectivity index (χ0v) is 13.1. The van der Waals surface area contributed by atoms with Crippen molar-refractivity contribution in [1.29, 1.82) is 0 Å². The number of nitrogens with zero attached hydrogens (tertiary/aromatic N) is 1. The Bertz CT molecular complexity index is 436.